The molecule has 0 aliphatic carbocycles. The average molecular weight is 257 g/mol. The van der Waals surface area contributed by atoms with Crippen LogP contribution in [-0.2, 0) is 0 Å². The van der Waals surface area contributed by atoms with Crippen molar-refractivity contribution in [1.29, 1.82) is 0 Å². The fourth-order valence-corrected chi connectivity index (χ4v) is 1.92. The van der Waals surface area contributed by atoms with Gasteiger partial charge in [0.1, 0.15) is 0 Å². The van der Waals surface area contributed by atoms with Crippen molar-refractivity contribution in [2.45, 2.75) is 0 Å². The Morgan fingerprint density at radius 3 is 2.33 bits per heavy atom. The molecule has 3 heteroatoms. The first-order valence-electron chi connectivity index (χ1n) is 4.30. The van der Waals surface area contributed by atoms with Gasteiger partial charge in [0.2, 0.25) is 0 Å². The first kappa shape index (κ1) is 10.8. The summed E-state index contributed by atoms with van der Waals surface area (Å²) in [6, 6.07) is 13.9. The summed E-state index contributed by atoms with van der Waals surface area (Å²) in [5.74, 6) is 0. The van der Waals surface area contributed by atoms with Gasteiger partial charge in [0, 0.05) is 16.1 Å². The highest BCUT2D eigenvalue weighted by Crippen LogP contribution is 2.36. The molecule has 15 heavy (non-hydrogen) atoms. The third kappa shape index (κ3) is 2.12. The van der Waals surface area contributed by atoms with Gasteiger partial charge in [0.15, 0.2) is 0 Å². The molecule has 0 amide bonds. The standard InChI is InChI=1S/C12H6Cl3/c13-10-6-2-1-4-8(10)9-5-3-7-11(14)12(9)15/h1-4,6-7H. The molecule has 0 heterocycles. The minimum atomic E-state index is 0.479. The van der Waals surface area contributed by atoms with Gasteiger partial charge >= 0.3 is 0 Å². The smallest absolute Gasteiger partial charge is 0.0677 e. The Labute approximate surface area is 103 Å². The van der Waals surface area contributed by atoms with Crippen LogP contribution in [0.2, 0.25) is 15.1 Å². The van der Waals surface area contributed by atoms with Gasteiger partial charge in [0.05, 0.1) is 10.0 Å². The van der Waals surface area contributed by atoms with Crippen LogP contribution < -0.4 is 0 Å². The highest BCUT2D eigenvalue weighted by Gasteiger charge is 2.09. The molecule has 1 radical (unpaired) electrons. The molecular weight excluding hydrogens is 250 g/mol. The third-order valence-corrected chi connectivity index (χ3v) is 3.16. The second-order valence-corrected chi connectivity index (χ2v) is 4.19. The van der Waals surface area contributed by atoms with Crippen molar-refractivity contribution >= 4 is 34.8 Å². The second kappa shape index (κ2) is 4.44. The van der Waals surface area contributed by atoms with Gasteiger partial charge in [-0.2, -0.15) is 0 Å². The minimum Gasteiger partial charge on any atom is -0.0837 e. The summed E-state index contributed by atoms with van der Waals surface area (Å²) in [7, 11) is 0. The predicted molar refractivity (Wildman–Crippen MR) is 65.7 cm³/mol. The first-order chi connectivity index (χ1) is 7.20. The maximum absolute atomic E-state index is 6.08. The summed E-state index contributed by atoms with van der Waals surface area (Å²) in [4.78, 5) is 0. The zero-order valence-corrected chi connectivity index (χ0v) is 9.87. The SMILES string of the molecule is Clc1ccccc1-c1[c]ccc(Cl)c1Cl. The predicted octanol–water partition coefficient (Wildman–Crippen LogP) is 5.11. The Kier molecular flexibility index (Phi) is 3.20. The van der Waals surface area contributed by atoms with Crippen molar-refractivity contribution in [3.05, 3.63) is 57.5 Å². The van der Waals surface area contributed by atoms with E-state index in [9.17, 15) is 0 Å². The van der Waals surface area contributed by atoms with E-state index in [1.165, 1.54) is 0 Å². The Bertz CT molecular complexity index is 492. The number of rotatable bonds is 1. The van der Waals surface area contributed by atoms with E-state index in [1.807, 2.05) is 24.3 Å². The van der Waals surface area contributed by atoms with Crippen LogP contribution in [0.5, 0.6) is 0 Å². The van der Waals surface area contributed by atoms with Crippen LogP contribution in [0.1, 0.15) is 0 Å². The Hall–Kier alpha value is -0.690. The van der Waals surface area contributed by atoms with Crippen LogP contribution in [0.3, 0.4) is 0 Å². The number of halogens is 3. The van der Waals surface area contributed by atoms with E-state index in [0.717, 1.165) is 11.1 Å². The molecule has 75 valence electrons. The van der Waals surface area contributed by atoms with Crippen LogP contribution in [0.15, 0.2) is 36.4 Å². The second-order valence-electron chi connectivity index (χ2n) is 2.99. The Morgan fingerprint density at radius 1 is 0.867 bits per heavy atom. The topological polar surface area (TPSA) is 0 Å². The largest absolute Gasteiger partial charge is 0.0837 e. The lowest BCUT2D eigenvalue weighted by molar-refractivity contribution is 1.60. The molecule has 0 nitrogen and oxygen atoms in total. The molecule has 0 aliphatic rings. The Morgan fingerprint density at radius 2 is 1.60 bits per heavy atom. The van der Waals surface area contributed by atoms with Gasteiger partial charge in [-0.1, -0.05) is 59.1 Å². The quantitative estimate of drug-likeness (QED) is 0.665. The zero-order chi connectivity index (χ0) is 10.8. The molecule has 0 aliphatic heterocycles. The molecule has 0 bridgehead atoms. The summed E-state index contributed by atoms with van der Waals surface area (Å²) in [5, 5.41) is 1.62. The summed E-state index contributed by atoms with van der Waals surface area (Å²) in [6.45, 7) is 0. The van der Waals surface area contributed by atoms with E-state index in [-0.39, 0.29) is 0 Å². The van der Waals surface area contributed by atoms with Gasteiger partial charge in [-0.05, 0) is 18.2 Å². The molecule has 0 fully saturated rings. The van der Waals surface area contributed by atoms with Gasteiger partial charge < -0.3 is 0 Å². The summed E-state index contributed by atoms with van der Waals surface area (Å²) in [6.07, 6.45) is 0. The van der Waals surface area contributed by atoms with E-state index in [4.69, 9.17) is 34.8 Å². The monoisotopic (exact) mass is 255 g/mol. The molecule has 2 aromatic carbocycles. The maximum Gasteiger partial charge on any atom is 0.0677 e. The van der Waals surface area contributed by atoms with Crippen LogP contribution in [-0.4, -0.2) is 0 Å². The molecule has 2 rings (SSSR count). The number of hydrogen-bond donors (Lipinski definition) is 0. The number of hydrogen-bond acceptors (Lipinski definition) is 0. The third-order valence-electron chi connectivity index (χ3n) is 2.03. The van der Waals surface area contributed by atoms with Gasteiger partial charge in [-0.3, -0.25) is 0 Å². The lowest BCUT2D eigenvalue weighted by Gasteiger charge is -2.06. The van der Waals surface area contributed by atoms with Crippen molar-refractivity contribution in [3.63, 3.8) is 0 Å². The highest BCUT2D eigenvalue weighted by atomic mass is 35.5. The van der Waals surface area contributed by atoms with Crippen LogP contribution in [0, 0.1) is 6.07 Å². The van der Waals surface area contributed by atoms with Gasteiger partial charge in [-0.15, -0.1) is 0 Å². The molecule has 0 N–H and O–H groups in total. The maximum atomic E-state index is 6.08. The van der Waals surface area contributed by atoms with E-state index < -0.39 is 0 Å². The van der Waals surface area contributed by atoms with E-state index in [2.05, 4.69) is 6.07 Å². The van der Waals surface area contributed by atoms with Crippen molar-refractivity contribution in [3.8, 4) is 11.1 Å². The molecule has 0 aromatic heterocycles. The lowest BCUT2D eigenvalue weighted by atomic mass is 10.1. The molecular formula is C12H6Cl3. The van der Waals surface area contributed by atoms with Crippen molar-refractivity contribution < 1.29 is 0 Å². The zero-order valence-electron chi connectivity index (χ0n) is 7.60. The van der Waals surface area contributed by atoms with Crippen molar-refractivity contribution in [1.82, 2.24) is 0 Å². The number of benzene rings is 2. The average Bonchev–Trinajstić information content (AvgIpc) is 2.23. The van der Waals surface area contributed by atoms with Crippen LogP contribution in [0.25, 0.3) is 11.1 Å². The van der Waals surface area contributed by atoms with Crippen LogP contribution >= 0.6 is 34.8 Å². The van der Waals surface area contributed by atoms with Crippen LogP contribution in [0.4, 0.5) is 0 Å². The lowest BCUT2D eigenvalue weighted by Crippen LogP contribution is -1.82. The molecule has 2 aromatic rings. The van der Waals surface area contributed by atoms with Gasteiger partial charge in [-0.25, -0.2) is 0 Å². The molecule has 0 unspecified atom stereocenters. The summed E-state index contributed by atoms with van der Waals surface area (Å²) >= 11 is 18.1. The van der Waals surface area contributed by atoms with Crippen molar-refractivity contribution in [2.75, 3.05) is 0 Å². The fourth-order valence-electron chi connectivity index (χ4n) is 1.31. The Balaban J connectivity index is 2.65. The van der Waals surface area contributed by atoms with Gasteiger partial charge in [0.25, 0.3) is 0 Å². The van der Waals surface area contributed by atoms with E-state index in [1.54, 1.807) is 12.1 Å². The summed E-state index contributed by atoms with van der Waals surface area (Å²) in [5.41, 5.74) is 1.57. The molecule has 0 saturated carbocycles. The molecule has 0 saturated heterocycles. The highest BCUT2D eigenvalue weighted by molar-refractivity contribution is 6.44. The molecule has 0 atom stereocenters. The normalized spacial score (nSPS) is 10.3. The van der Waals surface area contributed by atoms with E-state index >= 15 is 0 Å². The van der Waals surface area contributed by atoms with Crippen molar-refractivity contribution in [2.24, 2.45) is 0 Å². The first-order valence-corrected chi connectivity index (χ1v) is 5.44. The minimum absolute atomic E-state index is 0.479. The summed E-state index contributed by atoms with van der Waals surface area (Å²) < 4.78 is 0. The van der Waals surface area contributed by atoms with E-state index in [0.29, 0.717) is 15.1 Å². The fraction of sp³-hybridized carbons (Fsp3) is 0. The molecule has 0 spiro atoms.